The number of alkyl halides is 3. The Hall–Kier alpha value is -2.69. The lowest BCUT2D eigenvalue weighted by atomic mass is 10.0. The van der Waals surface area contributed by atoms with Gasteiger partial charge in [-0.3, -0.25) is 14.6 Å². The summed E-state index contributed by atoms with van der Waals surface area (Å²) in [5.41, 5.74) is 1.05. The van der Waals surface area contributed by atoms with Gasteiger partial charge >= 0.3 is 12.1 Å². The number of amides is 2. The summed E-state index contributed by atoms with van der Waals surface area (Å²) in [5, 5.41) is 7.12. The lowest BCUT2D eigenvalue weighted by Crippen LogP contribution is -2.35. The zero-order chi connectivity index (χ0) is 21.6. The summed E-state index contributed by atoms with van der Waals surface area (Å²) in [7, 11) is 1.59. The third kappa shape index (κ3) is 6.14. The maximum atomic E-state index is 12.5. The summed E-state index contributed by atoms with van der Waals surface area (Å²) in [6.45, 7) is 3.01. The number of aromatic nitrogens is 1. The van der Waals surface area contributed by atoms with Crippen LogP contribution in [0.2, 0.25) is 0 Å². The maximum absolute atomic E-state index is 12.5. The van der Waals surface area contributed by atoms with Crippen LogP contribution in [-0.2, 0) is 25.7 Å². The molecule has 29 heavy (non-hydrogen) atoms. The largest absolute Gasteiger partial charge is 0.490 e. The highest BCUT2D eigenvalue weighted by molar-refractivity contribution is 5.84. The van der Waals surface area contributed by atoms with Gasteiger partial charge in [0.2, 0.25) is 11.8 Å². The fourth-order valence-electron chi connectivity index (χ4n) is 3.35. The average Bonchev–Trinajstić information content (AvgIpc) is 3.20. The van der Waals surface area contributed by atoms with Crippen LogP contribution in [0.5, 0.6) is 0 Å². The molecule has 0 aliphatic carbocycles. The van der Waals surface area contributed by atoms with Crippen LogP contribution >= 0.6 is 0 Å². The summed E-state index contributed by atoms with van der Waals surface area (Å²) in [4.78, 5) is 41.2. The number of carboxylic acid groups (broad SMARTS) is 1. The highest BCUT2D eigenvalue weighted by Crippen LogP contribution is 2.33. The standard InChI is InChI=1S/C16H21N3O3.C2HF3O2/c1-22-6-4-15(20)18-9-13-10-19(16(21)14(13)11-18)8-12-3-2-5-17-7-12;3-2(4,5)1(6)7/h2-3,5,7,13-14H,4,6,8-11H2,1H3;(H,6,7)/t13-,14-;/m0./s1. The van der Waals surface area contributed by atoms with Crippen molar-refractivity contribution >= 4 is 17.8 Å². The molecule has 3 rings (SSSR count). The van der Waals surface area contributed by atoms with Crippen molar-refractivity contribution in [2.75, 3.05) is 33.4 Å². The third-order valence-electron chi connectivity index (χ3n) is 4.74. The van der Waals surface area contributed by atoms with E-state index in [0.29, 0.717) is 32.7 Å². The van der Waals surface area contributed by atoms with Gasteiger partial charge in [-0.15, -0.1) is 0 Å². The van der Waals surface area contributed by atoms with Crippen LogP contribution in [0, 0.1) is 11.8 Å². The van der Waals surface area contributed by atoms with Crippen molar-refractivity contribution in [3.8, 4) is 0 Å². The van der Waals surface area contributed by atoms with Gasteiger partial charge in [-0.2, -0.15) is 13.2 Å². The first-order chi connectivity index (χ1) is 13.6. The first-order valence-electron chi connectivity index (χ1n) is 8.88. The molecular weight excluding hydrogens is 395 g/mol. The van der Waals surface area contributed by atoms with E-state index in [1.54, 1.807) is 19.5 Å². The van der Waals surface area contributed by atoms with Crippen LogP contribution in [0.15, 0.2) is 24.5 Å². The number of halogens is 3. The topological polar surface area (TPSA) is 100 Å². The van der Waals surface area contributed by atoms with E-state index in [1.807, 2.05) is 21.9 Å². The molecule has 2 amide bonds. The number of nitrogens with zero attached hydrogens (tertiary/aromatic N) is 3. The number of methoxy groups -OCH3 is 1. The molecule has 3 heterocycles. The van der Waals surface area contributed by atoms with E-state index >= 15 is 0 Å². The normalized spacial score (nSPS) is 20.9. The number of carboxylic acids is 1. The molecule has 2 aliphatic rings. The van der Waals surface area contributed by atoms with Gasteiger partial charge in [0.25, 0.3) is 0 Å². The molecule has 0 radical (unpaired) electrons. The van der Waals surface area contributed by atoms with Crippen molar-refractivity contribution in [2.45, 2.75) is 19.1 Å². The Labute approximate surface area is 165 Å². The van der Waals surface area contributed by atoms with Gasteiger partial charge in [-0.1, -0.05) is 6.07 Å². The van der Waals surface area contributed by atoms with Gasteiger partial charge in [-0.25, -0.2) is 4.79 Å². The summed E-state index contributed by atoms with van der Waals surface area (Å²) >= 11 is 0. The maximum Gasteiger partial charge on any atom is 0.490 e. The smallest absolute Gasteiger partial charge is 0.475 e. The summed E-state index contributed by atoms with van der Waals surface area (Å²) in [6.07, 6.45) is -1.17. The van der Waals surface area contributed by atoms with E-state index in [1.165, 1.54) is 0 Å². The second-order valence-electron chi connectivity index (χ2n) is 6.79. The van der Waals surface area contributed by atoms with Gasteiger partial charge in [0.15, 0.2) is 0 Å². The number of rotatable bonds is 5. The molecule has 1 aromatic heterocycles. The number of pyridine rings is 1. The number of likely N-dealkylation sites (tertiary alicyclic amines) is 2. The lowest BCUT2D eigenvalue weighted by molar-refractivity contribution is -0.192. The summed E-state index contributed by atoms with van der Waals surface area (Å²) < 4.78 is 36.7. The molecule has 8 nitrogen and oxygen atoms in total. The monoisotopic (exact) mass is 417 g/mol. The number of ether oxygens (including phenoxy) is 1. The molecule has 2 saturated heterocycles. The average molecular weight is 417 g/mol. The minimum atomic E-state index is -5.08. The number of aliphatic carboxylic acids is 1. The first kappa shape index (κ1) is 22.6. The predicted molar refractivity (Wildman–Crippen MR) is 93.4 cm³/mol. The molecule has 11 heteroatoms. The van der Waals surface area contributed by atoms with Crippen LogP contribution < -0.4 is 0 Å². The Kier molecular flexibility index (Phi) is 7.54. The highest BCUT2D eigenvalue weighted by atomic mass is 19.4. The minimum Gasteiger partial charge on any atom is -0.475 e. The van der Waals surface area contributed by atoms with E-state index < -0.39 is 12.1 Å². The van der Waals surface area contributed by atoms with Crippen molar-refractivity contribution in [1.29, 1.82) is 0 Å². The molecule has 0 bridgehead atoms. The van der Waals surface area contributed by atoms with Crippen molar-refractivity contribution in [3.05, 3.63) is 30.1 Å². The lowest BCUT2D eigenvalue weighted by Gasteiger charge is -2.21. The number of hydrogen-bond acceptors (Lipinski definition) is 5. The molecule has 1 aromatic rings. The first-order valence-corrected chi connectivity index (χ1v) is 8.88. The molecule has 1 N–H and O–H groups in total. The van der Waals surface area contributed by atoms with E-state index in [9.17, 15) is 22.8 Å². The molecule has 2 fully saturated rings. The zero-order valence-electron chi connectivity index (χ0n) is 15.8. The van der Waals surface area contributed by atoms with Crippen LogP contribution in [0.3, 0.4) is 0 Å². The van der Waals surface area contributed by atoms with Crippen molar-refractivity contribution in [2.24, 2.45) is 11.8 Å². The molecule has 0 aromatic carbocycles. The Balaban J connectivity index is 0.000000370. The minimum absolute atomic E-state index is 0.0387. The Morgan fingerprint density at radius 2 is 2.00 bits per heavy atom. The fraction of sp³-hybridized carbons (Fsp3) is 0.556. The highest BCUT2D eigenvalue weighted by Gasteiger charge is 2.47. The van der Waals surface area contributed by atoms with Crippen LogP contribution in [0.1, 0.15) is 12.0 Å². The quantitative estimate of drug-likeness (QED) is 0.772. The Morgan fingerprint density at radius 1 is 1.31 bits per heavy atom. The van der Waals surface area contributed by atoms with Gasteiger partial charge in [0.1, 0.15) is 0 Å². The third-order valence-corrected chi connectivity index (χ3v) is 4.74. The Morgan fingerprint density at radius 3 is 2.52 bits per heavy atom. The molecule has 2 atom stereocenters. The van der Waals surface area contributed by atoms with Crippen LogP contribution in [0.4, 0.5) is 13.2 Å². The van der Waals surface area contributed by atoms with Gasteiger partial charge < -0.3 is 19.6 Å². The zero-order valence-corrected chi connectivity index (χ0v) is 15.8. The summed E-state index contributed by atoms with van der Waals surface area (Å²) in [6, 6.07) is 3.86. The Bertz CT molecular complexity index is 729. The molecule has 0 saturated carbocycles. The van der Waals surface area contributed by atoms with E-state index in [2.05, 4.69) is 4.98 Å². The summed E-state index contributed by atoms with van der Waals surface area (Å²) in [5.74, 6) is -2.29. The van der Waals surface area contributed by atoms with Crippen LogP contribution in [-0.4, -0.2) is 77.2 Å². The molecule has 160 valence electrons. The molecular formula is C18H22F3N3O5. The van der Waals surface area contributed by atoms with Crippen molar-refractivity contribution in [1.82, 2.24) is 14.8 Å². The number of carbonyl (C=O) groups excluding carboxylic acids is 2. The van der Waals surface area contributed by atoms with Gasteiger partial charge in [-0.05, 0) is 11.6 Å². The van der Waals surface area contributed by atoms with E-state index in [4.69, 9.17) is 14.6 Å². The van der Waals surface area contributed by atoms with Crippen LogP contribution in [0.25, 0.3) is 0 Å². The fourth-order valence-corrected chi connectivity index (χ4v) is 3.35. The second kappa shape index (κ2) is 9.68. The van der Waals surface area contributed by atoms with Crippen molar-refractivity contribution < 1.29 is 37.4 Å². The predicted octanol–water partition coefficient (Wildman–Crippen LogP) is 1.17. The van der Waals surface area contributed by atoms with E-state index in [-0.39, 0.29) is 23.7 Å². The number of carbonyl (C=O) groups is 3. The number of hydrogen-bond donors (Lipinski definition) is 1. The molecule has 0 unspecified atom stereocenters. The van der Waals surface area contributed by atoms with Gasteiger partial charge in [0, 0.05) is 51.6 Å². The van der Waals surface area contributed by atoms with Crippen molar-refractivity contribution in [3.63, 3.8) is 0 Å². The molecule has 0 spiro atoms. The van der Waals surface area contributed by atoms with E-state index in [0.717, 1.165) is 12.1 Å². The molecule has 2 aliphatic heterocycles. The van der Waals surface area contributed by atoms with Gasteiger partial charge in [0.05, 0.1) is 18.9 Å². The SMILES string of the molecule is COCCC(=O)N1C[C@H]2CN(Cc3cccnc3)C(=O)[C@H]2C1.O=C(O)C(F)(F)F. The second-order valence-corrected chi connectivity index (χ2v) is 6.79. The number of fused-ring (bicyclic) bond motifs is 1.